The molecule has 4 heteroatoms. The molecule has 0 bridgehead atoms. The molecule has 88 valence electrons. The minimum atomic E-state index is -0.512. The Balaban J connectivity index is 3.21. The monoisotopic (exact) mass is 226 g/mol. The van der Waals surface area contributed by atoms with Gasteiger partial charge in [0.1, 0.15) is 5.82 Å². The first-order chi connectivity index (χ1) is 7.58. The maximum atomic E-state index is 13.2. The Morgan fingerprint density at radius 2 is 2.12 bits per heavy atom. The van der Waals surface area contributed by atoms with Crippen LogP contribution in [-0.4, -0.2) is 19.0 Å². The summed E-state index contributed by atoms with van der Waals surface area (Å²) < 4.78 is 23.9. The van der Waals surface area contributed by atoms with Crippen LogP contribution in [0.5, 0.6) is 11.5 Å². The Morgan fingerprint density at radius 3 is 2.62 bits per heavy atom. The van der Waals surface area contributed by atoms with Crippen LogP contribution in [0.15, 0.2) is 12.1 Å². The normalized spacial score (nSPS) is 10.3. The predicted molar refractivity (Wildman–Crippen MR) is 58.7 cm³/mol. The molecule has 1 rings (SSSR count). The molecule has 0 aliphatic carbocycles. The smallest absolute Gasteiger partial charge is 0.172 e. The van der Waals surface area contributed by atoms with Crippen LogP contribution in [0.1, 0.15) is 31.1 Å². The number of aldehydes is 1. The number of benzene rings is 1. The summed E-state index contributed by atoms with van der Waals surface area (Å²) in [6.45, 7) is 5.82. The van der Waals surface area contributed by atoms with Crippen LogP contribution >= 0.6 is 0 Å². The second-order valence-electron chi connectivity index (χ2n) is 3.54. The van der Waals surface area contributed by atoms with Crippen molar-refractivity contribution in [1.29, 1.82) is 0 Å². The summed E-state index contributed by atoms with van der Waals surface area (Å²) in [6.07, 6.45) is 0.451. The van der Waals surface area contributed by atoms with Gasteiger partial charge in [-0.1, -0.05) is 0 Å². The Kier molecular flexibility index (Phi) is 4.28. The van der Waals surface area contributed by atoms with Crippen molar-refractivity contribution in [2.45, 2.75) is 26.9 Å². The van der Waals surface area contributed by atoms with E-state index >= 15 is 0 Å². The number of carbonyl (C=O) groups is 1. The van der Waals surface area contributed by atoms with Crippen molar-refractivity contribution in [3.63, 3.8) is 0 Å². The zero-order valence-corrected chi connectivity index (χ0v) is 9.62. The molecular formula is C12H15FO3. The van der Waals surface area contributed by atoms with Crippen molar-refractivity contribution in [2.24, 2.45) is 0 Å². The van der Waals surface area contributed by atoms with Crippen LogP contribution in [0, 0.1) is 5.82 Å². The van der Waals surface area contributed by atoms with E-state index in [0.717, 1.165) is 6.07 Å². The van der Waals surface area contributed by atoms with Crippen molar-refractivity contribution >= 4 is 6.29 Å². The van der Waals surface area contributed by atoms with Gasteiger partial charge >= 0.3 is 0 Å². The zero-order chi connectivity index (χ0) is 12.1. The van der Waals surface area contributed by atoms with E-state index in [1.807, 2.05) is 13.8 Å². The van der Waals surface area contributed by atoms with Gasteiger partial charge in [0, 0.05) is 6.07 Å². The molecule has 0 radical (unpaired) electrons. The lowest BCUT2D eigenvalue weighted by Gasteiger charge is -2.16. The molecule has 0 unspecified atom stereocenters. The van der Waals surface area contributed by atoms with Gasteiger partial charge in [0.2, 0.25) is 0 Å². The highest BCUT2D eigenvalue weighted by Crippen LogP contribution is 2.32. The molecule has 1 aromatic rings. The van der Waals surface area contributed by atoms with E-state index < -0.39 is 5.82 Å². The van der Waals surface area contributed by atoms with Gasteiger partial charge in [0.05, 0.1) is 18.3 Å². The molecule has 0 atom stereocenters. The highest BCUT2D eigenvalue weighted by atomic mass is 19.1. The van der Waals surface area contributed by atoms with Crippen LogP contribution in [0.4, 0.5) is 4.39 Å². The average molecular weight is 226 g/mol. The van der Waals surface area contributed by atoms with E-state index in [-0.39, 0.29) is 17.4 Å². The Labute approximate surface area is 94.2 Å². The van der Waals surface area contributed by atoms with E-state index in [0.29, 0.717) is 18.6 Å². The Morgan fingerprint density at radius 1 is 1.44 bits per heavy atom. The number of hydrogen-bond acceptors (Lipinski definition) is 3. The topological polar surface area (TPSA) is 35.5 Å². The standard InChI is InChI=1S/C12H15FO3/c1-4-15-11-6-10(13)5-9(7-14)12(11)16-8(2)3/h5-8H,4H2,1-3H3. The third kappa shape index (κ3) is 2.95. The minimum Gasteiger partial charge on any atom is -0.490 e. The van der Waals surface area contributed by atoms with Crippen molar-refractivity contribution in [3.8, 4) is 11.5 Å². The van der Waals surface area contributed by atoms with Crippen molar-refractivity contribution < 1.29 is 18.7 Å². The van der Waals surface area contributed by atoms with Gasteiger partial charge < -0.3 is 9.47 Å². The zero-order valence-electron chi connectivity index (χ0n) is 9.62. The molecule has 3 nitrogen and oxygen atoms in total. The minimum absolute atomic E-state index is 0.108. The SMILES string of the molecule is CCOc1cc(F)cc(C=O)c1OC(C)C. The molecule has 0 saturated heterocycles. The highest BCUT2D eigenvalue weighted by molar-refractivity contribution is 5.81. The number of ether oxygens (including phenoxy) is 2. The number of carbonyl (C=O) groups excluding carboxylic acids is 1. The first kappa shape index (κ1) is 12.5. The van der Waals surface area contributed by atoms with Crippen LogP contribution in [0.25, 0.3) is 0 Å². The van der Waals surface area contributed by atoms with E-state index in [1.165, 1.54) is 6.07 Å². The molecule has 0 heterocycles. The third-order valence-corrected chi connectivity index (χ3v) is 1.83. The molecule has 1 aromatic carbocycles. The largest absolute Gasteiger partial charge is 0.490 e. The van der Waals surface area contributed by atoms with Gasteiger partial charge in [0.25, 0.3) is 0 Å². The van der Waals surface area contributed by atoms with Gasteiger partial charge in [0.15, 0.2) is 17.8 Å². The second-order valence-corrected chi connectivity index (χ2v) is 3.54. The summed E-state index contributed by atoms with van der Waals surface area (Å²) >= 11 is 0. The van der Waals surface area contributed by atoms with Crippen LogP contribution in [0.3, 0.4) is 0 Å². The predicted octanol–water partition coefficient (Wildman–Crippen LogP) is 2.82. The molecule has 0 spiro atoms. The molecule has 0 aliphatic heterocycles. The average Bonchev–Trinajstić information content (AvgIpc) is 2.21. The van der Waals surface area contributed by atoms with Gasteiger partial charge in [-0.3, -0.25) is 4.79 Å². The van der Waals surface area contributed by atoms with Crippen molar-refractivity contribution in [2.75, 3.05) is 6.61 Å². The first-order valence-corrected chi connectivity index (χ1v) is 5.16. The highest BCUT2D eigenvalue weighted by Gasteiger charge is 2.14. The lowest BCUT2D eigenvalue weighted by Crippen LogP contribution is -2.09. The summed E-state index contributed by atoms with van der Waals surface area (Å²) in [7, 11) is 0. The van der Waals surface area contributed by atoms with Crippen molar-refractivity contribution in [1.82, 2.24) is 0 Å². The quantitative estimate of drug-likeness (QED) is 0.724. The van der Waals surface area contributed by atoms with Gasteiger partial charge in [-0.15, -0.1) is 0 Å². The lowest BCUT2D eigenvalue weighted by molar-refractivity contribution is 0.111. The Hall–Kier alpha value is -1.58. The van der Waals surface area contributed by atoms with Crippen LogP contribution in [-0.2, 0) is 0 Å². The number of hydrogen-bond donors (Lipinski definition) is 0. The van der Waals surface area contributed by atoms with Gasteiger partial charge in [-0.05, 0) is 26.8 Å². The fraction of sp³-hybridized carbons (Fsp3) is 0.417. The molecule has 0 saturated carbocycles. The maximum Gasteiger partial charge on any atom is 0.172 e. The lowest BCUT2D eigenvalue weighted by atomic mass is 10.2. The summed E-state index contributed by atoms with van der Waals surface area (Å²) in [5.74, 6) is 0.0493. The molecule has 0 N–H and O–H groups in total. The summed E-state index contributed by atoms with van der Waals surface area (Å²) in [5, 5.41) is 0. The molecule has 16 heavy (non-hydrogen) atoms. The molecule has 0 aromatic heterocycles. The Bertz CT molecular complexity index is 375. The first-order valence-electron chi connectivity index (χ1n) is 5.16. The maximum absolute atomic E-state index is 13.2. The number of rotatable bonds is 5. The second kappa shape index (κ2) is 5.49. The molecule has 0 aliphatic rings. The van der Waals surface area contributed by atoms with E-state index in [1.54, 1.807) is 6.92 Å². The summed E-state index contributed by atoms with van der Waals surface area (Å²) in [6, 6.07) is 2.35. The van der Waals surface area contributed by atoms with Crippen LogP contribution < -0.4 is 9.47 Å². The van der Waals surface area contributed by atoms with E-state index in [2.05, 4.69) is 0 Å². The summed E-state index contributed by atoms with van der Waals surface area (Å²) in [4.78, 5) is 10.8. The fourth-order valence-electron chi connectivity index (χ4n) is 1.30. The number of halogens is 1. The van der Waals surface area contributed by atoms with Crippen LogP contribution in [0.2, 0.25) is 0 Å². The molecular weight excluding hydrogens is 211 g/mol. The van der Waals surface area contributed by atoms with Crippen molar-refractivity contribution in [3.05, 3.63) is 23.5 Å². The van der Waals surface area contributed by atoms with Gasteiger partial charge in [-0.25, -0.2) is 4.39 Å². The summed E-state index contributed by atoms with van der Waals surface area (Å²) in [5.41, 5.74) is 0.164. The third-order valence-electron chi connectivity index (χ3n) is 1.83. The van der Waals surface area contributed by atoms with E-state index in [4.69, 9.17) is 9.47 Å². The van der Waals surface area contributed by atoms with E-state index in [9.17, 15) is 9.18 Å². The van der Waals surface area contributed by atoms with Gasteiger partial charge in [-0.2, -0.15) is 0 Å². The fourth-order valence-corrected chi connectivity index (χ4v) is 1.30. The molecule has 0 fully saturated rings. The molecule has 0 amide bonds.